The summed E-state index contributed by atoms with van der Waals surface area (Å²) in [6, 6.07) is 9.36. The number of hydrogen-bond acceptors (Lipinski definition) is 11. The maximum atomic E-state index is 14.1. The topological polar surface area (TPSA) is 124 Å². The predicted octanol–water partition coefficient (Wildman–Crippen LogP) is 2.77. The number of hydrogen-bond donors (Lipinski definition) is 0. The summed E-state index contributed by atoms with van der Waals surface area (Å²) >= 11 is 1.16. The number of thiazole rings is 1. The van der Waals surface area contributed by atoms with E-state index in [9.17, 15) is 14.4 Å². The van der Waals surface area contributed by atoms with E-state index in [4.69, 9.17) is 30.1 Å². The van der Waals surface area contributed by atoms with Crippen molar-refractivity contribution in [2.45, 2.75) is 26.8 Å². The fraction of sp³-hybridized carbons (Fsp3) is 0.312. The van der Waals surface area contributed by atoms with Crippen LogP contribution in [0.1, 0.15) is 37.9 Å². The van der Waals surface area contributed by atoms with Gasteiger partial charge in [0.15, 0.2) is 34.4 Å². The van der Waals surface area contributed by atoms with Gasteiger partial charge in [-0.3, -0.25) is 9.36 Å². The van der Waals surface area contributed by atoms with Crippen LogP contribution in [-0.2, 0) is 19.1 Å². The summed E-state index contributed by atoms with van der Waals surface area (Å²) in [5.74, 6) is 2.74. The zero-order valence-electron chi connectivity index (χ0n) is 25.0. The standard InChI is InChI=1S/C32H32N2O9S/c1-7-15-42-29-21(11-10-12-23(29)38-5)17-25-30(36)34-28(27(31(37)41-9-3)19(4)33-32(34)44-25)20-13-14-22(24(16-20)40-8-2)43-18-26(35)39-6/h1,10-14,16-17,28H,8-9,15,18H2,2-6H3/b25-17+/t28-/m0/s1. The zero-order chi connectivity index (χ0) is 31.8. The van der Waals surface area contributed by atoms with Gasteiger partial charge in [-0.2, -0.15) is 0 Å². The van der Waals surface area contributed by atoms with Crippen LogP contribution in [0.15, 0.2) is 57.5 Å². The Morgan fingerprint density at radius 2 is 1.86 bits per heavy atom. The van der Waals surface area contributed by atoms with Gasteiger partial charge in [0.05, 0.1) is 49.3 Å². The quantitative estimate of drug-likeness (QED) is 0.222. The Bertz CT molecular complexity index is 1810. The molecule has 0 radical (unpaired) electrons. The van der Waals surface area contributed by atoms with E-state index in [0.717, 1.165) is 11.3 Å². The lowest BCUT2D eigenvalue weighted by Crippen LogP contribution is -2.40. The first-order chi connectivity index (χ1) is 21.3. The molecule has 0 saturated carbocycles. The molecule has 0 unspecified atom stereocenters. The molecule has 1 aromatic heterocycles. The lowest BCUT2D eigenvalue weighted by atomic mass is 9.95. The average Bonchev–Trinajstić information content (AvgIpc) is 3.32. The van der Waals surface area contributed by atoms with Crippen LogP contribution in [-0.4, -0.2) is 57.2 Å². The summed E-state index contributed by atoms with van der Waals surface area (Å²) in [6.45, 7) is 5.31. The molecule has 0 saturated heterocycles. The highest BCUT2D eigenvalue weighted by Crippen LogP contribution is 2.37. The van der Waals surface area contributed by atoms with E-state index in [1.54, 1.807) is 63.2 Å². The Hall–Kier alpha value is -5.02. The van der Waals surface area contributed by atoms with Crippen molar-refractivity contribution in [1.82, 2.24) is 4.57 Å². The van der Waals surface area contributed by atoms with Crippen LogP contribution < -0.4 is 33.8 Å². The number of fused-ring (bicyclic) bond motifs is 1. The van der Waals surface area contributed by atoms with Crippen LogP contribution in [0.25, 0.3) is 6.08 Å². The molecular weight excluding hydrogens is 588 g/mol. The molecule has 1 atom stereocenters. The number of methoxy groups -OCH3 is 2. The Kier molecular flexibility index (Phi) is 10.5. The minimum Gasteiger partial charge on any atom is -0.493 e. The Labute approximate surface area is 257 Å². The molecule has 1 aliphatic rings. The Morgan fingerprint density at radius 3 is 2.55 bits per heavy atom. The van der Waals surface area contributed by atoms with Crippen LogP contribution in [0.5, 0.6) is 23.0 Å². The number of aromatic nitrogens is 1. The number of allylic oxidation sites excluding steroid dienone is 1. The van der Waals surface area contributed by atoms with Crippen molar-refractivity contribution in [3.8, 4) is 35.3 Å². The maximum Gasteiger partial charge on any atom is 0.343 e. The second-order valence-electron chi connectivity index (χ2n) is 9.18. The van der Waals surface area contributed by atoms with Gasteiger partial charge in [0.25, 0.3) is 5.56 Å². The van der Waals surface area contributed by atoms with Crippen LogP contribution in [0.3, 0.4) is 0 Å². The molecular formula is C32H32N2O9S. The van der Waals surface area contributed by atoms with Crippen molar-refractivity contribution in [3.05, 3.63) is 78.5 Å². The number of carbonyl (C=O) groups excluding carboxylic acids is 2. The second-order valence-corrected chi connectivity index (χ2v) is 10.2. The van der Waals surface area contributed by atoms with Gasteiger partial charge < -0.3 is 28.4 Å². The summed E-state index contributed by atoms with van der Waals surface area (Å²) < 4.78 is 34.5. The van der Waals surface area contributed by atoms with Gasteiger partial charge in [0, 0.05) is 5.56 Å². The molecule has 12 heteroatoms. The first-order valence-corrected chi connectivity index (χ1v) is 14.5. The van der Waals surface area contributed by atoms with E-state index in [1.807, 2.05) is 0 Å². The molecule has 1 aliphatic heterocycles. The van der Waals surface area contributed by atoms with Gasteiger partial charge in [-0.25, -0.2) is 14.6 Å². The molecule has 2 aromatic carbocycles. The zero-order valence-corrected chi connectivity index (χ0v) is 25.8. The molecule has 44 heavy (non-hydrogen) atoms. The molecule has 0 fully saturated rings. The maximum absolute atomic E-state index is 14.1. The van der Waals surface area contributed by atoms with Crippen molar-refractivity contribution in [2.24, 2.45) is 4.99 Å². The Balaban J connectivity index is 1.92. The number of nitrogens with zero attached hydrogens (tertiary/aromatic N) is 2. The normalized spacial score (nSPS) is 14.2. The lowest BCUT2D eigenvalue weighted by Gasteiger charge is -2.25. The number of carbonyl (C=O) groups is 2. The fourth-order valence-electron chi connectivity index (χ4n) is 4.60. The van der Waals surface area contributed by atoms with Gasteiger partial charge in [-0.15, -0.1) is 6.42 Å². The van der Waals surface area contributed by atoms with Gasteiger partial charge in [0.2, 0.25) is 0 Å². The number of terminal acetylenes is 1. The number of benzene rings is 2. The molecule has 230 valence electrons. The second kappa shape index (κ2) is 14.4. The highest BCUT2D eigenvalue weighted by Gasteiger charge is 2.34. The molecule has 2 heterocycles. The molecule has 0 aliphatic carbocycles. The van der Waals surface area contributed by atoms with E-state index < -0.39 is 18.0 Å². The number of ether oxygens (including phenoxy) is 6. The Morgan fingerprint density at radius 1 is 1.07 bits per heavy atom. The highest BCUT2D eigenvalue weighted by molar-refractivity contribution is 7.07. The van der Waals surface area contributed by atoms with Crippen molar-refractivity contribution in [1.29, 1.82) is 0 Å². The van der Waals surface area contributed by atoms with E-state index in [2.05, 4.69) is 15.6 Å². The molecule has 3 aromatic rings. The van der Waals surface area contributed by atoms with Crippen LogP contribution in [0, 0.1) is 12.3 Å². The summed E-state index contributed by atoms with van der Waals surface area (Å²) in [6.07, 6.45) is 7.08. The van der Waals surface area contributed by atoms with Crippen molar-refractivity contribution >= 4 is 29.4 Å². The van der Waals surface area contributed by atoms with E-state index in [0.29, 0.717) is 55.8 Å². The molecule has 0 spiro atoms. The first-order valence-electron chi connectivity index (χ1n) is 13.7. The summed E-state index contributed by atoms with van der Waals surface area (Å²) in [4.78, 5) is 44.1. The van der Waals surface area contributed by atoms with Crippen LogP contribution >= 0.6 is 11.3 Å². The SMILES string of the molecule is C#CCOc1c(/C=c2/sc3n(c2=O)[C@@H](c2ccc(OCC(=O)OC)c(OCC)c2)C(C(=O)OCC)=C(C)N=3)cccc1OC. The van der Waals surface area contributed by atoms with Gasteiger partial charge in [-0.05, 0) is 50.6 Å². The minimum atomic E-state index is -0.899. The van der Waals surface area contributed by atoms with Crippen molar-refractivity contribution in [2.75, 3.05) is 40.6 Å². The predicted molar refractivity (Wildman–Crippen MR) is 163 cm³/mol. The molecule has 0 bridgehead atoms. The third-order valence-electron chi connectivity index (χ3n) is 6.49. The largest absolute Gasteiger partial charge is 0.493 e. The smallest absolute Gasteiger partial charge is 0.343 e. The summed E-state index contributed by atoms with van der Waals surface area (Å²) in [5.41, 5.74) is 1.35. The fourth-order valence-corrected chi connectivity index (χ4v) is 5.64. The average molecular weight is 621 g/mol. The number of para-hydroxylation sites is 1. The van der Waals surface area contributed by atoms with E-state index >= 15 is 0 Å². The summed E-state index contributed by atoms with van der Waals surface area (Å²) in [5, 5.41) is 0. The molecule has 0 N–H and O–H groups in total. The number of rotatable bonds is 12. The third kappa shape index (κ3) is 6.63. The summed E-state index contributed by atoms with van der Waals surface area (Å²) in [7, 11) is 2.77. The minimum absolute atomic E-state index is 0.00601. The van der Waals surface area contributed by atoms with Gasteiger partial charge in [0.1, 0.15) is 6.61 Å². The molecule has 11 nitrogen and oxygen atoms in total. The monoisotopic (exact) mass is 620 g/mol. The van der Waals surface area contributed by atoms with Crippen LogP contribution in [0.2, 0.25) is 0 Å². The van der Waals surface area contributed by atoms with Gasteiger partial charge in [-0.1, -0.05) is 35.5 Å². The molecule has 0 amide bonds. The van der Waals surface area contributed by atoms with Crippen LogP contribution in [0.4, 0.5) is 0 Å². The van der Waals surface area contributed by atoms with Gasteiger partial charge >= 0.3 is 11.9 Å². The first kappa shape index (κ1) is 31.9. The number of esters is 2. The van der Waals surface area contributed by atoms with Crippen molar-refractivity contribution < 1.29 is 38.0 Å². The van der Waals surface area contributed by atoms with E-state index in [-0.39, 0.29) is 31.0 Å². The lowest BCUT2D eigenvalue weighted by molar-refractivity contribution is -0.143. The highest BCUT2D eigenvalue weighted by atomic mass is 32.1. The third-order valence-corrected chi connectivity index (χ3v) is 7.47. The van der Waals surface area contributed by atoms with Crippen molar-refractivity contribution in [3.63, 3.8) is 0 Å². The molecule has 4 rings (SSSR count). The van der Waals surface area contributed by atoms with E-state index in [1.165, 1.54) is 18.8 Å².